The lowest BCUT2D eigenvalue weighted by molar-refractivity contribution is -0.122. The first kappa shape index (κ1) is 26.9. The molecule has 2 fully saturated rings. The summed E-state index contributed by atoms with van der Waals surface area (Å²) in [7, 11) is 3.56. The number of amides is 2. The van der Waals surface area contributed by atoms with Crippen LogP contribution in [0.2, 0.25) is 0 Å². The number of nitrogens with one attached hydrogen (secondary N) is 1. The average molecular weight is 500 g/mol. The van der Waals surface area contributed by atoms with Crippen molar-refractivity contribution in [3.8, 4) is 5.75 Å². The molecule has 0 unspecified atom stereocenters. The number of benzene rings is 1. The SMILES string of the molecule is CO[C@H]1CN(C)C(=O)c2cc(NC(=O)C3CCC3)ccc2OC[C@H](C)N(CC2CCCCC2)C[C@H]1C. The summed E-state index contributed by atoms with van der Waals surface area (Å²) in [5.74, 6) is 1.58. The van der Waals surface area contributed by atoms with Crippen LogP contribution in [0.1, 0.15) is 75.6 Å². The highest BCUT2D eigenvalue weighted by Crippen LogP contribution is 2.31. The van der Waals surface area contributed by atoms with Crippen LogP contribution in [-0.4, -0.2) is 74.2 Å². The number of fused-ring (bicyclic) bond motifs is 1. The molecule has 1 aliphatic heterocycles. The molecule has 7 heteroatoms. The molecule has 4 rings (SSSR count). The van der Waals surface area contributed by atoms with Gasteiger partial charge in [0.1, 0.15) is 12.4 Å². The third-order valence-electron chi connectivity index (χ3n) is 8.53. The van der Waals surface area contributed by atoms with E-state index in [-0.39, 0.29) is 35.8 Å². The number of carbonyl (C=O) groups is 2. The van der Waals surface area contributed by atoms with Gasteiger partial charge in [0.2, 0.25) is 5.91 Å². The van der Waals surface area contributed by atoms with Crippen LogP contribution >= 0.6 is 0 Å². The van der Waals surface area contributed by atoms with Gasteiger partial charge in [0.05, 0.1) is 11.7 Å². The van der Waals surface area contributed by atoms with E-state index in [1.54, 1.807) is 18.1 Å². The van der Waals surface area contributed by atoms with Crippen molar-refractivity contribution < 1.29 is 19.1 Å². The number of hydrogen-bond acceptors (Lipinski definition) is 5. The molecule has 3 aliphatic rings. The van der Waals surface area contributed by atoms with Crippen LogP contribution in [0, 0.1) is 17.8 Å². The van der Waals surface area contributed by atoms with E-state index < -0.39 is 0 Å². The topological polar surface area (TPSA) is 71.1 Å². The van der Waals surface area contributed by atoms with Crippen LogP contribution in [-0.2, 0) is 9.53 Å². The quantitative estimate of drug-likeness (QED) is 0.630. The Morgan fingerprint density at radius 3 is 2.50 bits per heavy atom. The fourth-order valence-electron chi connectivity index (χ4n) is 5.80. The van der Waals surface area contributed by atoms with Crippen LogP contribution < -0.4 is 10.1 Å². The second-order valence-corrected chi connectivity index (χ2v) is 11.4. The second kappa shape index (κ2) is 12.4. The lowest BCUT2D eigenvalue weighted by atomic mass is 9.85. The molecular weight excluding hydrogens is 454 g/mol. The van der Waals surface area contributed by atoms with Gasteiger partial charge in [0.25, 0.3) is 5.91 Å². The molecular formula is C29H45N3O4. The first-order chi connectivity index (χ1) is 17.4. The van der Waals surface area contributed by atoms with Crippen LogP contribution in [0.3, 0.4) is 0 Å². The molecule has 36 heavy (non-hydrogen) atoms. The molecule has 2 saturated carbocycles. The van der Waals surface area contributed by atoms with Crippen molar-refractivity contribution in [3.63, 3.8) is 0 Å². The molecule has 0 aromatic heterocycles. The lowest BCUT2D eigenvalue weighted by Crippen LogP contribution is -2.48. The van der Waals surface area contributed by atoms with Crippen molar-refractivity contribution in [3.05, 3.63) is 23.8 Å². The fourth-order valence-corrected chi connectivity index (χ4v) is 5.80. The fraction of sp³-hybridized carbons (Fsp3) is 0.724. The highest BCUT2D eigenvalue weighted by molar-refractivity contribution is 6.00. The van der Waals surface area contributed by atoms with E-state index >= 15 is 0 Å². The molecule has 200 valence electrons. The van der Waals surface area contributed by atoms with Crippen molar-refractivity contribution >= 4 is 17.5 Å². The summed E-state index contributed by atoms with van der Waals surface area (Å²) in [5, 5.41) is 3.01. The average Bonchev–Trinajstić information content (AvgIpc) is 2.84. The van der Waals surface area contributed by atoms with E-state index in [2.05, 4.69) is 24.1 Å². The van der Waals surface area contributed by atoms with Crippen LogP contribution in [0.5, 0.6) is 5.75 Å². The van der Waals surface area contributed by atoms with Gasteiger partial charge >= 0.3 is 0 Å². The summed E-state index contributed by atoms with van der Waals surface area (Å²) >= 11 is 0. The number of nitrogens with zero attached hydrogens (tertiary/aromatic N) is 2. The monoisotopic (exact) mass is 499 g/mol. The minimum atomic E-state index is -0.119. The lowest BCUT2D eigenvalue weighted by Gasteiger charge is -2.38. The zero-order valence-corrected chi connectivity index (χ0v) is 22.6. The number of likely N-dealkylation sites (N-methyl/N-ethyl adjacent to an activating group) is 1. The minimum absolute atomic E-state index is 0.0383. The third-order valence-corrected chi connectivity index (χ3v) is 8.53. The Balaban J connectivity index is 1.57. The molecule has 0 saturated heterocycles. The van der Waals surface area contributed by atoms with Gasteiger partial charge in [-0.3, -0.25) is 14.5 Å². The van der Waals surface area contributed by atoms with Gasteiger partial charge in [-0.05, 0) is 62.6 Å². The van der Waals surface area contributed by atoms with Gasteiger partial charge in [0, 0.05) is 51.4 Å². The van der Waals surface area contributed by atoms with E-state index in [4.69, 9.17) is 9.47 Å². The Hall–Kier alpha value is -2.12. The first-order valence-electron chi connectivity index (χ1n) is 14.0. The largest absolute Gasteiger partial charge is 0.491 e. The molecule has 1 heterocycles. The summed E-state index contributed by atoms with van der Waals surface area (Å²) in [6.45, 7) is 7.46. The maximum Gasteiger partial charge on any atom is 0.257 e. The number of hydrogen-bond donors (Lipinski definition) is 1. The van der Waals surface area contributed by atoms with Gasteiger partial charge in [-0.25, -0.2) is 0 Å². The van der Waals surface area contributed by atoms with E-state index in [1.165, 1.54) is 32.1 Å². The number of carbonyl (C=O) groups excluding carboxylic acids is 2. The summed E-state index contributed by atoms with van der Waals surface area (Å²) in [4.78, 5) is 30.3. The Kier molecular flexibility index (Phi) is 9.29. The molecule has 2 amide bonds. The maximum atomic E-state index is 13.5. The Morgan fingerprint density at radius 2 is 1.83 bits per heavy atom. The van der Waals surface area contributed by atoms with Gasteiger partial charge in [-0.15, -0.1) is 0 Å². The van der Waals surface area contributed by atoms with Crippen molar-refractivity contribution in [1.82, 2.24) is 9.80 Å². The second-order valence-electron chi connectivity index (χ2n) is 11.4. The number of ether oxygens (including phenoxy) is 2. The summed E-state index contributed by atoms with van der Waals surface area (Å²) in [6, 6.07) is 5.66. The number of rotatable bonds is 5. The molecule has 0 spiro atoms. The summed E-state index contributed by atoms with van der Waals surface area (Å²) < 4.78 is 12.2. The molecule has 0 radical (unpaired) electrons. The summed E-state index contributed by atoms with van der Waals surface area (Å²) in [5.41, 5.74) is 1.13. The van der Waals surface area contributed by atoms with E-state index in [1.807, 2.05) is 19.2 Å². The zero-order valence-electron chi connectivity index (χ0n) is 22.6. The zero-order chi connectivity index (χ0) is 25.7. The number of methoxy groups -OCH3 is 1. The normalized spacial score (nSPS) is 27.3. The highest BCUT2D eigenvalue weighted by Gasteiger charge is 2.30. The highest BCUT2D eigenvalue weighted by atomic mass is 16.5. The predicted molar refractivity (Wildman–Crippen MR) is 142 cm³/mol. The van der Waals surface area contributed by atoms with E-state index in [0.717, 1.165) is 38.3 Å². The Labute approximate surface area is 216 Å². The number of anilines is 1. The van der Waals surface area contributed by atoms with E-state index in [0.29, 0.717) is 30.2 Å². The van der Waals surface area contributed by atoms with Gasteiger partial charge < -0.3 is 19.7 Å². The van der Waals surface area contributed by atoms with Crippen molar-refractivity contribution in [2.24, 2.45) is 17.8 Å². The maximum absolute atomic E-state index is 13.5. The predicted octanol–water partition coefficient (Wildman–Crippen LogP) is 4.81. The van der Waals surface area contributed by atoms with E-state index in [9.17, 15) is 9.59 Å². The molecule has 3 atom stereocenters. The van der Waals surface area contributed by atoms with Crippen molar-refractivity contribution in [2.45, 2.75) is 77.4 Å². The van der Waals surface area contributed by atoms with Gasteiger partial charge in [-0.1, -0.05) is 32.6 Å². The van der Waals surface area contributed by atoms with Gasteiger partial charge in [-0.2, -0.15) is 0 Å². The van der Waals surface area contributed by atoms with Crippen LogP contribution in [0.4, 0.5) is 5.69 Å². The standard InChI is InChI=1S/C29H45N3O4/c1-20-16-32(17-22-9-6-5-7-10-22)21(2)19-36-26-14-13-24(30-28(33)23-11-8-12-23)15-25(26)29(34)31(3)18-27(20)35-4/h13-15,20-23,27H,5-12,16-19H2,1-4H3,(H,30,33)/t20-,21+,27+/m1/s1. The first-order valence-corrected chi connectivity index (χ1v) is 14.0. The minimum Gasteiger partial charge on any atom is -0.491 e. The Bertz CT molecular complexity index is 897. The smallest absolute Gasteiger partial charge is 0.257 e. The summed E-state index contributed by atoms with van der Waals surface area (Å²) in [6.07, 6.45) is 9.56. The molecule has 0 bridgehead atoms. The van der Waals surface area contributed by atoms with Crippen LogP contribution in [0.15, 0.2) is 18.2 Å². The molecule has 1 aromatic rings. The Morgan fingerprint density at radius 1 is 1.08 bits per heavy atom. The molecule has 2 aliphatic carbocycles. The van der Waals surface area contributed by atoms with Gasteiger partial charge in [0.15, 0.2) is 0 Å². The van der Waals surface area contributed by atoms with Crippen molar-refractivity contribution in [2.75, 3.05) is 45.7 Å². The van der Waals surface area contributed by atoms with Crippen molar-refractivity contribution in [1.29, 1.82) is 0 Å². The van der Waals surface area contributed by atoms with Crippen LogP contribution in [0.25, 0.3) is 0 Å². The molecule has 1 N–H and O–H groups in total. The molecule has 1 aromatic carbocycles. The third kappa shape index (κ3) is 6.60. The molecule has 7 nitrogen and oxygen atoms in total.